The van der Waals surface area contributed by atoms with Crippen LogP contribution in [0.15, 0.2) is 48.8 Å². The van der Waals surface area contributed by atoms with E-state index in [1.165, 1.54) is 6.20 Å². The molecule has 3 aromatic rings. The highest BCUT2D eigenvalue weighted by Gasteiger charge is 2.14. The summed E-state index contributed by atoms with van der Waals surface area (Å²) in [5.74, 6) is -0.0446. The smallest absolute Gasteiger partial charge is 0.341 e. The molecule has 0 radical (unpaired) electrons. The van der Waals surface area contributed by atoms with Gasteiger partial charge in [0, 0.05) is 36.7 Å². The highest BCUT2D eigenvalue weighted by Crippen LogP contribution is 2.21. The number of nitrogen functional groups attached to an aromatic ring is 1. The van der Waals surface area contributed by atoms with E-state index in [0.717, 1.165) is 5.56 Å². The van der Waals surface area contributed by atoms with E-state index in [9.17, 15) is 14.7 Å². The second-order valence-electron chi connectivity index (χ2n) is 6.27. The topological polar surface area (TPSA) is 155 Å². The van der Waals surface area contributed by atoms with E-state index in [0.29, 0.717) is 36.0 Å². The lowest BCUT2D eigenvalue weighted by Crippen LogP contribution is -2.28. The number of anilines is 3. The van der Waals surface area contributed by atoms with E-state index in [-0.39, 0.29) is 17.4 Å². The maximum Gasteiger partial charge on any atom is 0.341 e. The first-order chi connectivity index (χ1) is 14.5. The Balaban J connectivity index is 1.64. The van der Waals surface area contributed by atoms with E-state index >= 15 is 0 Å². The molecule has 10 heteroatoms. The summed E-state index contributed by atoms with van der Waals surface area (Å²) < 4.78 is 0. The van der Waals surface area contributed by atoms with Crippen molar-refractivity contribution < 1.29 is 14.7 Å². The summed E-state index contributed by atoms with van der Waals surface area (Å²) in [6, 6.07) is 9.99. The lowest BCUT2D eigenvalue weighted by atomic mass is 10.2. The zero-order chi connectivity index (χ0) is 21.5. The number of carbonyl (C=O) groups excluding carboxylic acids is 1. The number of pyridine rings is 1. The molecule has 0 unspecified atom stereocenters. The minimum absolute atomic E-state index is 0.00635. The van der Waals surface area contributed by atoms with Gasteiger partial charge in [-0.05, 0) is 42.8 Å². The average Bonchev–Trinajstić information content (AvgIpc) is 2.74. The molecule has 6 N–H and O–H groups in total. The van der Waals surface area contributed by atoms with Crippen LogP contribution < -0.4 is 21.7 Å². The van der Waals surface area contributed by atoms with Crippen molar-refractivity contribution >= 4 is 29.3 Å². The Hall–Kier alpha value is -4.21. The third kappa shape index (κ3) is 5.19. The van der Waals surface area contributed by atoms with Crippen LogP contribution in [0, 0.1) is 0 Å². The quantitative estimate of drug-likeness (QED) is 0.400. The van der Waals surface area contributed by atoms with Gasteiger partial charge in [-0.1, -0.05) is 6.07 Å². The third-order valence-electron chi connectivity index (χ3n) is 4.07. The Morgan fingerprint density at radius 2 is 1.83 bits per heavy atom. The maximum atomic E-state index is 12.1. The number of rotatable bonds is 7. The molecular formula is C20H21N7O3. The van der Waals surface area contributed by atoms with Crippen molar-refractivity contribution in [1.29, 1.82) is 0 Å². The zero-order valence-corrected chi connectivity index (χ0v) is 16.2. The first-order valence-electron chi connectivity index (χ1n) is 9.16. The molecule has 0 aliphatic carbocycles. The van der Waals surface area contributed by atoms with Gasteiger partial charge in [0.1, 0.15) is 17.2 Å². The number of carboxylic acid groups (broad SMARTS) is 1. The summed E-state index contributed by atoms with van der Waals surface area (Å²) in [7, 11) is 0. The number of nitrogens with two attached hydrogens (primary N) is 1. The van der Waals surface area contributed by atoms with E-state index in [1.807, 2.05) is 6.92 Å². The Kier molecular flexibility index (Phi) is 6.38. The number of benzene rings is 1. The molecule has 10 nitrogen and oxygen atoms in total. The molecule has 30 heavy (non-hydrogen) atoms. The van der Waals surface area contributed by atoms with Crippen molar-refractivity contribution in [3.8, 4) is 11.4 Å². The standard InChI is InChI=1S/C20H21N7O3/c1-2-22-18-15(19(28)29)11-24-17(27-18)13-4-6-14(7-5-13)26-20(30)25-10-12-3-8-16(21)23-9-12/h3-9,11H,2,10H2,1H3,(H2,21,23)(H,28,29)(H,22,24,27)(H2,25,26,30). The van der Waals surface area contributed by atoms with Crippen molar-refractivity contribution in [2.45, 2.75) is 13.5 Å². The van der Waals surface area contributed by atoms with Crippen LogP contribution in [0.1, 0.15) is 22.8 Å². The third-order valence-corrected chi connectivity index (χ3v) is 4.07. The molecule has 2 amide bonds. The van der Waals surface area contributed by atoms with Crippen LogP contribution in [0.4, 0.5) is 22.1 Å². The number of carbonyl (C=O) groups is 2. The van der Waals surface area contributed by atoms with Crippen LogP contribution in [0.5, 0.6) is 0 Å². The predicted octanol–water partition coefficient (Wildman–Crippen LogP) is 2.57. The molecule has 2 heterocycles. The second-order valence-corrected chi connectivity index (χ2v) is 6.27. The molecule has 0 fully saturated rings. The largest absolute Gasteiger partial charge is 0.477 e. The van der Waals surface area contributed by atoms with Crippen molar-refractivity contribution in [3.63, 3.8) is 0 Å². The number of nitrogens with one attached hydrogen (secondary N) is 3. The molecule has 0 atom stereocenters. The van der Waals surface area contributed by atoms with Crippen molar-refractivity contribution in [1.82, 2.24) is 20.3 Å². The molecule has 154 valence electrons. The van der Waals surface area contributed by atoms with Gasteiger partial charge >= 0.3 is 12.0 Å². The summed E-state index contributed by atoms with van der Waals surface area (Å²) in [4.78, 5) is 35.7. The molecule has 2 aromatic heterocycles. The van der Waals surface area contributed by atoms with E-state index in [2.05, 4.69) is 30.9 Å². The normalized spacial score (nSPS) is 10.3. The van der Waals surface area contributed by atoms with Gasteiger partial charge < -0.3 is 26.8 Å². The van der Waals surface area contributed by atoms with E-state index in [1.54, 1.807) is 42.6 Å². The van der Waals surface area contributed by atoms with Gasteiger partial charge in [-0.2, -0.15) is 0 Å². The number of urea groups is 1. The molecular weight excluding hydrogens is 386 g/mol. The number of carboxylic acids is 1. The van der Waals surface area contributed by atoms with Gasteiger partial charge in [0.25, 0.3) is 0 Å². The van der Waals surface area contributed by atoms with Crippen molar-refractivity contribution in [3.05, 3.63) is 59.9 Å². The van der Waals surface area contributed by atoms with Crippen LogP contribution >= 0.6 is 0 Å². The van der Waals surface area contributed by atoms with Crippen molar-refractivity contribution in [2.24, 2.45) is 0 Å². The SMILES string of the molecule is CCNc1nc(-c2ccc(NC(=O)NCc3ccc(N)nc3)cc2)ncc1C(=O)O. The summed E-state index contributed by atoms with van der Waals surface area (Å²) in [5.41, 5.74) is 7.64. The Labute approximate surface area is 172 Å². The second kappa shape index (κ2) is 9.32. The number of nitrogens with zero attached hydrogens (tertiary/aromatic N) is 3. The maximum absolute atomic E-state index is 12.1. The summed E-state index contributed by atoms with van der Waals surface area (Å²) in [5, 5.41) is 17.6. The number of aromatic nitrogens is 3. The molecule has 0 spiro atoms. The molecule has 0 aliphatic heterocycles. The number of hydrogen-bond donors (Lipinski definition) is 5. The highest BCUT2D eigenvalue weighted by molar-refractivity contribution is 5.93. The zero-order valence-electron chi connectivity index (χ0n) is 16.2. The lowest BCUT2D eigenvalue weighted by Gasteiger charge is -2.10. The van der Waals surface area contributed by atoms with Gasteiger partial charge in [-0.25, -0.2) is 24.5 Å². The molecule has 0 aliphatic rings. The lowest BCUT2D eigenvalue weighted by molar-refractivity contribution is 0.0697. The Bertz CT molecular complexity index is 1040. The van der Waals surface area contributed by atoms with Gasteiger partial charge in [0.05, 0.1) is 0 Å². The monoisotopic (exact) mass is 407 g/mol. The predicted molar refractivity (Wildman–Crippen MR) is 113 cm³/mol. The van der Waals surface area contributed by atoms with Crippen LogP contribution in [-0.2, 0) is 6.54 Å². The Morgan fingerprint density at radius 3 is 2.47 bits per heavy atom. The van der Waals surface area contributed by atoms with Crippen LogP contribution in [0.3, 0.4) is 0 Å². The number of aromatic carboxylic acids is 1. The minimum Gasteiger partial charge on any atom is -0.477 e. The molecule has 0 bridgehead atoms. The van der Waals surface area contributed by atoms with E-state index < -0.39 is 5.97 Å². The van der Waals surface area contributed by atoms with E-state index in [4.69, 9.17) is 5.73 Å². The van der Waals surface area contributed by atoms with Gasteiger partial charge in [-0.15, -0.1) is 0 Å². The fourth-order valence-electron chi connectivity index (χ4n) is 2.58. The summed E-state index contributed by atoms with van der Waals surface area (Å²) >= 11 is 0. The number of hydrogen-bond acceptors (Lipinski definition) is 7. The fraction of sp³-hybridized carbons (Fsp3) is 0.150. The summed E-state index contributed by atoms with van der Waals surface area (Å²) in [6.45, 7) is 2.69. The van der Waals surface area contributed by atoms with Crippen LogP contribution in [0.2, 0.25) is 0 Å². The minimum atomic E-state index is -1.10. The highest BCUT2D eigenvalue weighted by atomic mass is 16.4. The first-order valence-corrected chi connectivity index (χ1v) is 9.16. The van der Waals surface area contributed by atoms with Crippen LogP contribution in [0.25, 0.3) is 11.4 Å². The summed E-state index contributed by atoms with van der Waals surface area (Å²) in [6.07, 6.45) is 2.87. The van der Waals surface area contributed by atoms with Gasteiger partial charge in [0.2, 0.25) is 0 Å². The average molecular weight is 407 g/mol. The van der Waals surface area contributed by atoms with Gasteiger partial charge in [0.15, 0.2) is 5.82 Å². The van der Waals surface area contributed by atoms with Crippen molar-refractivity contribution in [2.75, 3.05) is 22.9 Å². The molecule has 0 saturated heterocycles. The van der Waals surface area contributed by atoms with Crippen LogP contribution in [-0.4, -0.2) is 38.6 Å². The fourth-order valence-corrected chi connectivity index (χ4v) is 2.58. The van der Waals surface area contributed by atoms with Gasteiger partial charge in [-0.3, -0.25) is 0 Å². The number of amides is 2. The molecule has 3 rings (SSSR count). The molecule has 1 aromatic carbocycles. The molecule has 0 saturated carbocycles. The first kappa shape index (κ1) is 20.5. The Morgan fingerprint density at radius 1 is 1.07 bits per heavy atom.